The quantitative estimate of drug-likeness (QED) is 0.639. The van der Waals surface area contributed by atoms with Gasteiger partial charge in [-0.05, 0) is 19.1 Å². The molecule has 1 rings (SSSR count). The molecule has 0 aliphatic heterocycles. The van der Waals surface area contributed by atoms with Crippen molar-refractivity contribution in [2.24, 2.45) is 0 Å². The fourth-order valence-electron chi connectivity index (χ4n) is 1.42. The first-order valence-corrected chi connectivity index (χ1v) is 5.21. The lowest BCUT2D eigenvalue weighted by Gasteiger charge is -2.11. The predicted molar refractivity (Wildman–Crippen MR) is 65.3 cm³/mol. The minimum absolute atomic E-state index is 0.0258. The number of anilines is 1. The lowest BCUT2D eigenvalue weighted by atomic mass is 10.1. The first-order chi connectivity index (χ1) is 7.97. The maximum atomic E-state index is 11.7. The molecule has 0 bridgehead atoms. The van der Waals surface area contributed by atoms with E-state index in [0.29, 0.717) is 17.8 Å². The average molecular weight is 237 g/mol. The molecule has 0 saturated carbocycles. The largest absolute Gasteiger partial charge is 0.380 e. The van der Waals surface area contributed by atoms with Gasteiger partial charge in [0, 0.05) is 32.3 Å². The van der Waals surface area contributed by atoms with Gasteiger partial charge in [-0.15, -0.1) is 0 Å². The van der Waals surface area contributed by atoms with E-state index < -0.39 is 4.92 Å². The van der Waals surface area contributed by atoms with Crippen molar-refractivity contribution in [3.63, 3.8) is 0 Å². The Morgan fingerprint density at radius 1 is 1.47 bits per heavy atom. The SMILES string of the molecule is CCNc1cc(C(=O)N(C)C)ccc1[N+](=O)[O-]. The first kappa shape index (κ1) is 13.0. The van der Waals surface area contributed by atoms with E-state index in [1.54, 1.807) is 14.1 Å². The number of nitro benzene ring substituents is 1. The van der Waals surface area contributed by atoms with Crippen LogP contribution in [-0.4, -0.2) is 36.4 Å². The molecule has 17 heavy (non-hydrogen) atoms. The maximum absolute atomic E-state index is 11.7. The minimum Gasteiger partial charge on any atom is -0.380 e. The molecular weight excluding hydrogens is 222 g/mol. The zero-order valence-electron chi connectivity index (χ0n) is 10.1. The van der Waals surface area contributed by atoms with Crippen LogP contribution in [-0.2, 0) is 0 Å². The lowest BCUT2D eigenvalue weighted by Crippen LogP contribution is -2.21. The molecular formula is C11H15N3O3. The van der Waals surface area contributed by atoms with Crippen LogP contribution in [0.15, 0.2) is 18.2 Å². The summed E-state index contributed by atoms with van der Waals surface area (Å²) in [4.78, 5) is 23.4. The Labute approximate surface area is 99.4 Å². The normalized spacial score (nSPS) is 9.82. The Morgan fingerprint density at radius 3 is 2.59 bits per heavy atom. The van der Waals surface area contributed by atoms with Gasteiger partial charge in [-0.2, -0.15) is 0 Å². The second-order valence-corrected chi connectivity index (χ2v) is 3.72. The highest BCUT2D eigenvalue weighted by molar-refractivity contribution is 5.95. The number of hydrogen-bond donors (Lipinski definition) is 1. The Hall–Kier alpha value is -2.11. The molecule has 6 heteroatoms. The van der Waals surface area contributed by atoms with Crippen LogP contribution in [0.5, 0.6) is 0 Å². The van der Waals surface area contributed by atoms with Crippen molar-refractivity contribution in [3.8, 4) is 0 Å². The molecule has 6 nitrogen and oxygen atoms in total. The molecule has 0 aliphatic rings. The molecule has 1 aromatic carbocycles. The van der Waals surface area contributed by atoms with Gasteiger partial charge in [0.2, 0.25) is 0 Å². The molecule has 0 fully saturated rings. The Morgan fingerprint density at radius 2 is 2.12 bits per heavy atom. The van der Waals surface area contributed by atoms with Gasteiger partial charge in [0.15, 0.2) is 0 Å². The molecule has 0 aromatic heterocycles. The van der Waals surface area contributed by atoms with Crippen LogP contribution in [0.2, 0.25) is 0 Å². The number of carbonyl (C=O) groups excluding carboxylic acids is 1. The number of nitro groups is 1. The number of nitrogens with zero attached hydrogens (tertiary/aromatic N) is 2. The summed E-state index contributed by atoms with van der Waals surface area (Å²) >= 11 is 0. The number of amides is 1. The van der Waals surface area contributed by atoms with Crippen LogP contribution in [0.4, 0.5) is 11.4 Å². The topological polar surface area (TPSA) is 75.5 Å². The molecule has 0 unspecified atom stereocenters. The highest BCUT2D eigenvalue weighted by Gasteiger charge is 2.16. The van der Waals surface area contributed by atoms with Crippen molar-refractivity contribution >= 4 is 17.3 Å². The van der Waals surface area contributed by atoms with Crippen molar-refractivity contribution in [2.45, 2.75) is 6.92 Å². The van der Waals surface area contributed by atoms with E-state index in [2.05, 4.69) is 5.32 Å². The van der Waals surface area contributed by atoms with Crippen molar-refractivity contribution in [3.05, 3.63) is 33.9 Å². The van der Waals surface area contributed by atoms with E-state index in [1.165, 1.54) is 23.1 Å². The molecule has 0 atom stereocenters. The molecule has 0 radical (unpaired) electrons. The molecule has 0 heterocycles. The van der Waals surface area contributed by atoms with Gasteiger partial charge >= 0.3 is 0 Å². The summed E-state index contributed by atoms with van der Waals surface area (Å²) in [6.07, 6.45) is 0. The van der Waals surface area contributed by atoms with E-state index >= 15 is 0 Å². The maximum Gasteiger partial charge on any atom is 0.292 e. The van der Waals surface area contributed by atoms with Crippen molar-refractivity contribution in [1.82, 2.24) is 4.90 Å². The second kappa shape index (κ2) is 5.29. The Bertz CT molecular complexity index is 444. The summed E-state index contributed by atoms with van der Waals surface area (Å²) < 4.78 is 0. The van der Waals surface area contributed by atoms with E-state index in [1.807, 2.05) is 6.92 Å². The van der Waals surface area contributed by atoms with Gasteiger partial charge in [0.05, 0.1) is 4.92 Å². The smallest absolute Gasteiger partial charge is 0.292 e. The number of rotatable bonds is 4. The summed E-state index contributed by atoms with van der Waals surface area (Å²) in [5.41, 5.74) is 0.768. The van der Waals surface area contributed by atoms with Gasteiger partial charge in [-0.25, -0.2) is 0 Å². The lowest BCUT2D eigenvalue weighted by molar-refractivity contribution is -0.384. The third kappa shape index (κ3) is 2.93. The zero-order valence-corrected chi connectivity index (χ0v) is 10.1. The van der Waals surface area contributed by atoms with Crippen molar-refractivity contribution in [1.29, 1.82) is 0 Å². The van der Waals surface area contributed by atoms with Crippen LogP contribution in [0.3, 0.4) is 0 Å². The molecule has 92 valence electrons. The van der Waals surface area contributed by atoms with Crippen molar-refractivity contribution in [2.75, 3.05) is 26.0 Å². The van der Waals surface area contributed by atoms with E-state index in [4.69, 9.17) is 0 Å². The standard InChI is InChI=1S/C11H15N3O3/c1-4-12-9-7-8(11(15)13(2)3)5-6-10(9)14(16)17/h5-7,12H,4H2,1-3H3. The number of nitrogens with one attached hydrogen (secondary N) is 1. The van der Waals surface area contributed by atoms with E-state index in [9.17, 15) is 14.9 Å². The molecule has 1 N–H and O–H groups in total. The van der Waals surface area contributed by atoms with Crippen LogP contribution >= 0.6 is 0 Å². The van der Waals surface area contributed by atoms with E-state index in [0.717, 1.165) is 0 Å². The van der Waals surface area contributed by atoms with E-state index in [-0.39, 0.29) is 11.6 Å². The van der Waals surface area contributed by atoms with Crippen molar-refractivity contribution < 1.29 is 9.72 Å². The second-order valence-electron chi connectivity index (χ2n) is 3.72. The Balaban J connectivity index is 3.18. The van der Waals surface area contributed by atoms with Crippen LogP contribution in [0.1, 0.15) is 17.3 Å². The summed E-state index contributed by atoms with van der Waals surface area (Å²) in [6, 6.07) is 4.31. The summed E-state index contributed by atoms with van der Waals surface area (Å²) in [5, 5.41) is 13.7. The third-order valence-electron chi connectivity index (χ3n) is 2.21. The van der Waals surface area contributed by atoms with Gasteiger partial charge < -0.3 is 10.2 Å². The molecule has 1 aromatic rings. The number of carbonyl (C=O) groups is 1. The highest BCUT2D eigenvalue weighted by Crippen LogP contribution is 2.25. The monoisotopic (exact) mass is 237 g/mol. The number of benzene rings is 1. The third-order valence-corrected chi connectivity index (χ3v) is 2.21. The summed E-state index contributed by atoms with van der Waals surface area (Å²) in [5.74, 6) is -0.181. The zero-order chi connectivity index (χ0) is 13.0. The average Bonchev–Trinajstić information content (AvgIpc) is 2.27. The summed E-state index contributed by atoms with van der Waals surface area (Å²) in [6.45, 7) is 2.39. The molecule has 0 spiro atoms. The van der Waals surface area contributed by atoms with Gasteiger partial charge in [-0.3, -0.25) is 14.9 Å². The minimum atomic E-state index is -0.470. The van der Waals surface area contributed by atoms with Gasteiger partial charge in [0.1, 0.15) is 5.69 Å². The molecule has 0 saturated heterocycles. The molecule has 0 aliphatic carbocycles. The summed E-state index contributed by atoms with van der Waals surface area (Å²) in [7, 11) is 3.27. The van der Waals surface area contributed by atoms with Gasteiger partial charge in [-0.1, -0.05) is 0 Å². The fourth-order valence-corrected chi connectivity index (χ4v) is 1.42. The molecule has 1 amide bonds. The Kier molecular flexibility index (Phi) is 4.03. The van der Waals surface area contributed by atoms with Crippen LogP contribution < -0.4 is 5.32 Å². The predicted octanol–water partition coefficient (Wildman–Crippen LogP) is 1.73. The number of hydrogen-bond acceptors (Lipinski definition) is 4. The fraction of sp³-hybridized carbons (Fsp3) is 0.364. The van der Waals surface area contributed by atoms with Crippen LogP contribution in [0, 0.1) is 10.1 Å². The van der Waals surface area contributed by atoms with Crippen LogP contribution in [0.25, 0.3) is 0 Å². The van der Waals surface area contributed by atoms with Gasteiger partial charge in [0.25, 0.3) is 11.6 Å². The highest BCUT2D eigenvalue weighted by atomic mass is 16.6. The first-order valence-electron chi connectivity index (χ1n) is 5.21.